The molecule has 4 amide bonds. The van der Waals surface area contributed by atoms with Crippen molar-refractivity contribution in [2.24, 2.45) is 27.9 Å². The number of amides is 4. The lowest BCUT2D eigenvalue weighted by Crippen LogP contribution is -2.58. The van der Waals surface area contributed by atoms with Gasteiger partial charge in [0.2, 0.25) is 23.6 Å². The van der Waals surface area contributed by atoms with E-state index in [0.29, 0.717) is 5.56 Å². The van der Waals surface area contributed by atoms with Crippen molar-refractivity contribution in [1.29, 1.82) is 0 Å². The van der Waals surface area contributed by atoms with Crippen molar-refractivity contribution in [1.82, 2.24) is 16.0 Å². The Bertz CT molecular complexity index is 1120. The summed E-state index contributed by atoms with van der Waals surface area (Å²) in [7, 11) is 0. The van der Waals surface area contributed by atoms with E-state index >= 15 is 0 Å². The van der Waals surface area contributed by atoms with Gasteiger partial charge in [0.15, 0.2) is 5.96 Å². The molecular formula is C24H36N8O9. The Kier molecular flexibility index (Phi) is 14.1. The summed E-state index contributed by atoms with van der Waals surface area (Å²) in [5.74, 6) is -6.78. The fourth-order valence-corrected chi connectivity index (χ4v) is 3.51. The maximum absolute atomic E-state index is 13.0. The van der Waals surface area contributed by atoms with Crippen LogP contribution in [0.5, 0.6) is 5.75 Å². The molecule has 17 heteroatoms. The van der Waals surface area contributed by atoms with Gasteiger partial charge in [-0.2, -0.15) is 0 Å². The number of nitrogens with one attached hydrogen (secondary N) is 3. The Morgan fingerprint density at radius 2 is 1.37 bits per heavy atom. The third kappa shape index (κ3) is 13.6. The van der Waals surface area contributed by atoms with E-state index in [1.807, 2.05) is 0 Å². The SMILES string of the molecule is NC(=O)CC(NC(=O)C(CCC(=O)O)NC(=O)C(N)Cc1ccc(O)cc1)C(=O)NC(CCCN=C(N)N)C(=O)O. The normalized spacial score (nSPS) is 13.5. The van der Waals surface area contributed by atoms with E-state index < -0.39 is 79.0 Å². The third-order valence-corrected chi connectivity index (χ3v) is 5.61. The van der Waals surface area contributed by atoms with Gasteiger partial charge in [0.05, 0.1) is 12.5 Å². The highest BCUT2D eigenvalue weighted by Gasteiger charge is 2.31. The highest BCUT2D eigenvalue weighted by atomic mass is 16.4. The number of carbonyl (C=O) groups excluding carboxylic acids is 4. The monoisotopic (exact) mass is 580 g/mol. The first-order valence-corrected chi connectivity index (χ1v) is 12.4. The van der Waals surface area contributed by atoms with Gasteiger partial charge in [-0.05, 0) is 43.4 Å². The number of aliphatic carboxylic acids is 2. The summed E-state index contributed by atoms with van der Waals surface area (Å²) in [6, 6.07) is 0.142. The second-order valence-corrected chi connectivity index (χ2v) is 9.05. The van der Waals surface area contributed by atoms with Crippen LogP contribution in [0.25, 0.3) is 0 Å². The van der Waals surface area contributed by atoms with Crippen molar-refractivity contribution in [3.63, 3.8) is 0 Å². The van der Waals surface area contributed by atoms with E-state index in [9.17, 15) is 39.0 Å². The lowest BCUT2D eigenvalue weighted by atomic mass is 10.0. The molecule has 4 unspecified atom stereocenters. The standard InChI is InChI=1S/C24H36N8O9/c25-14(10-12-3-5-13(33)6-4-12)20(37)30-15(7-8-19(35)36)21(38)32-17(11-18(26)34)22(39)31-16(23(40)41)2-1-9-29-24(27)28/h3-6,14-17,33H,1-2,7-11,25H2,(H2,26,34)(H,30,37)(H,31,39)(H,32,38)(H,35,36)(H,40,41)(H4,27,28,29). The number of rotatable bonds is 18. The molecule has 0 aromatic heterocycles. The number of hydrogen-bond acceptors (Lipinski definition) is 9. The lowest BCUT2D eigenvalue weighted by Gasteiger charge is -2.24. The second kappa shape index (κ2) is 16.9. The number of aliphatic imine (C=N–C) groups is 1. The molecule has 0 spiro atoms. The van der Waals surface area contributed by atoms with Crippen molar-refractivity contribution in [2.75, 3.05) is 6.54 Å². The van der Waals surface area contributed by atoms with Crippen LogP contribution >= 0.6 is 0 Å². The zero-order valence-electron chi connectivity index (χ0n) is 22.1. The van der Waals surface area contributed by atoms with E-state index in [4.69, 9.17) is 28.0 Å². The molecular weight excluding hydrogens is 544 g/mol. The van der Waals surface area contributed by atoms with Crippen LogP contribution in [0.1, 0.15) is 37.7 Å². The average Bonchev–Trinajstić information content (AvgIpc) is 2.88. The van der Waals surface area contributed by atoms with Crippen LogP contribution < -0.4 is 38.9 Å². The van der Waals surface area contributed by atoms with Gasteiger partial charge in [-0.3, -0.25) is 29.0 Å². The van der Waals surface area contributed by atoms with Gasteiger partial charge in [0.1, 0.15) is 23.9 Å². The molecule has 0 aliphatic carbocycles. The largest absolute Gasteiger partial charge is 0.508 e. The molecule has 1 rings (SSSR count). The minimum absolute atomic E-state index is 0.00681. The number of phenols is 1. The van der Waals surface area contributed by atoms with Gasteiger partial charge in [-0.15, -0.1) is 0 Å². The third-order valence-electron chi connectivity index (χ3n) is 5.61. The number of hydrogen-bond donors (Lipinski definition) is 10. The van der Waals surface area contributed by atoms with Crippen LogP contribution in [-0.2, 0) is 35.2 Å². The van der Waals surface area contributed by atoms with Crippen molar-refractivity contribution in [3.05, 3.63) is 29.8 Å². The predicted octanol–water partition coefficient (Wildman–Crippen LogP) is -3.41. The van der Waals surface area contributed by atoms with Crippen LogP contribution in [-0.4, -0.2) is 87.6 Å². The number of nitrogens with zero attached hydrogens (tertiary/aromatic N) is 1. The molecule has 226 valence electrons. The predicted molar refractivity (Wildman–Crippen MR) is 144 cm³/mol. The highest BCUT2D eigenvalue weighted by Crippen LogP contribution is 2.11. The molecule has 0 aliphatic rings. The second-order valence-electron chi connectivity index (χ2n) is 9.05. The molecule has 1 aromatic rings. The summed E-state index contributed by atoms with van der Waals surface area (Å²) in [4.78, 5) is 76.6. The molecule has 0 heterocycles. The Balaban J connectivity index is 2.99. The fourth-order valence-electron chi connectivity index (χ4n) is 3.51. The molecule has 14 N–H and O–H groups in total. The molecule has 0 aliphatic heterocycles. The van der Waals surface area contributed by atoms with Crippen LogP contribution in [0.4, 0.5) is 0 Å². The summed E-state index contributed by atoms with van der Waals surface area (Å²) in [6.45, 7) is 0.0866. The topological polar surface area (TPSA) is 316 Å². The summed E-state index contributed by atoms with van der Waals surface area (Å²) in [6.07, 6.45) is -1.56. The smallest absolute Gasteiger partial charge is 0.326 e. The van der Waals surface area contributed by atoms with Crippen LogP contribution in [0, 0.1) is 0 Å². The molecule has 41 heavy (non-hydrogen) atoms. The summed E-state index contributed by atoms with van der Waals surface area (Å²) in [5.41, 5.74) is 22.2. The summed E-state index contributed by atoms with van der Waals surface area (Å²) >= 11 is 0. The van der Waals surface area contributed by atoms with E-state index in [-0.39, 0.29) is 37.5 Å². The van der Waals surface area contributed by atoms with Gasteiger partial charge in [0.25, 0.3) is 0 Å². The Morgan fingerprint density at radius 3 is 1.90 bits per heavy atom. The average molecular weight is 581 g/mol. The van der Waals surface area contributed by atoms with Gasteiger partial charge in [-0.1, -0.05) is 12.1 Å². The number of guanidine groups is 1. The van der Waals surface area contributed by atoms with Crippen LogP contribution in [0.2, 0.25) is 0 Å². The highest BCUT2D eigenvalue weighted by molar-refractivity contribution is 5.96. The zero-order valence-corrected chi connectivity index (χ0v) is 22.1. The molecule has 0 fully saturated rings. The number of carbonyl (C=O) groups is 6. The van der Waals surface area contributed by atoms with Crippen molar-refractivity contribution < 1.29 is 44.1 Å². The molecule has 0 saturated heterocycles. The zero-order chi connectivity index (χ0) is 31.1. The Morgan fingerprint density at radius 1 is 0.805 bits per heavy atom. The summed E-state index contributed by atoms with van der Waals surface area (Å²) in [5, 5.41) is 34.7. The minimum Gasteiger partial charge on any atom is -0.508 e. The Hall–Kier alpha value is -4.93. The molecule has 0 bridgehead atoms. The van der Waals surface area contributed by atoms with E-state index in [2.05, 4.69) is 20.9 Å². The molecule has 4 atom stereocenters. The molecule has 17 nitrogen and oxygen atoms in total. The molecule has 0 saturated carbocycles. The number of carboxylic acid groups (broad SMARTS) is 2. The van der Waals surface area contributed by atoms with Gasteiger partial charge < -0.3 is 54.2 Å². The van der Waals surface area contributed by atoms with Crippen LogP contribution in [0.3, 0.4) is 0 Å². The quantitative estimate of drug-likeness (QED) is 0.0461. The number of benzene rings is 1. The van der Waals surface area contributed by atoms with E-state index in [0.717, 1.165) is 0 Å². The maximum atomic E-state index is 13.0. The number of carboxylic acids is 2. The first-order chi connectivity index (χ1) is 19.2. The Labute approximate surface area is 234 Å². The van der Waals surface area contributed by atoms with Crippen molar-refractivity contribution in [2.45, 2.75) is 62.7 Å². The summed E-state index contributed by atoms with van der Waals surface area (Å²) < 4.78 is 0. The van der Waals surface area contributed by atoms with E-state index in [1.165, 1.54) is 24.3 Å². The van der Waals surface area contributed by atoms with Gasteiger partial charge in [0, 0.05) is 13.0 Å². The first kappa shape index (κ1) is 34.1. The number of primary amides is 1. The van der Waals surface area contributed by atoms with Crippen molar-refractivity contribution >= 4 is 41.5 Å². The van der Waals surface area contributed by atoms with Gasteiger partial charge in [-0.25, -0.2) is 4.79 Å². The molecule has 0 radical (unpaired) electrons. The van der Waals surface area contributed by atoms with Gasteiger partial charge >= 0.3 is 11.9 Å². The number of nitrogens with two attached hydrogens (primary N) is 4. The lowest BCUT2D eigenvalue weighted by molar-refractivity contribution is -0.142. The maximum Gasteiger partial charge on any atom is 0.326 e. The number of aromatic hydroxyl groups is 1. The molecule has 1 aromatic carbocycles. The van der Waals surface area contributed by atoms with E-state index in [1.54, 1.807) is 0 Å². The van der Waals surface area contributed by atoms with Crippen molar-refractivity contribution in [3.8, 4) is 5.75 Å². The first-order valence-electron chi connectivity index (χ1n) is 12.4. The minimum atomic E-state index is -1.64. The fraction of sp³-hybridized carbons (Fsp3) is 0.458. The number of phenolic OH excluding ortho intramolecular Hbond substituents is 1. The van der Waals surface area contributed by atoms with Crippen LogP contribution in [0.15, 0.2) is 29.3 Å².